The number of hydrogen-bond acceptors (Lipinski definition) is 4. The average molecular weight is 484 g/mol. The summed E-state index contributed by atoms with van der Waals surface area (Å²) in [6.45, 7) is 2.57. The van der Waals surface area contributed by atoms with Crippen LogP contribution < -0.4 is 14.9 Å². The lowest BCUT2D eigenvalue weighted by Crippen LogP contribution is -2.29. The second-order valence-corrected chi connectivity index (χ2v) is 10.1. The third kappa shape index (κ3) is 5.86. The number of anilines is 2. The van der Waals surface area contributed by atoms with Crippen LogP contribution in [0.5, 0.6) is 0 Å². The van der Waals surface area contributed by atoms with Gasteiger partial charge < -0.3 is 10.2 Å². The van der Waals surface area contributed by atoms with Crippen molar-refractivity contribution < 1.29 is 13.2 Å². The molecule has 0 saturated carbocycles. The molecule has 4 rings (SSSR count). The number of carbonyl (C=O) groups is 1. The van der Waals surface area contributed by atoms with Crippen LogP contribution in [0.1, 0.15) is 35.2 Å². The minimum atomic E-state index is -3.77. The van der Waals surface area contributed by atoms with Gasteiger partial charge in [-0.25, -0.2) is 8.42 Å². The lowest BCUT2D eigenvalue weighted by Gasteiger charge is -2.28. The van der Waals surface area contributed by atoms with E-state index in [0.29, 0.717) is 12.1 Å². The van der Waals surface area contributed by atoms with Crippen LogP contribution in [-0.2, 0) is 16.6 Å². The lowest BCUT2D eigenvalue weighted by molar-refractivity contribution is 0.0951. The Kier molecular flexibility index (Phi) is 7.20. The van der Waals surface area contributed by atoms with Crippen LogP contribution in [0, 0.1) is 0 Å². The predicted octanol–water partition coefficient (Wildman–Crippen LogP) is 5.06. The molecule has 1 saturated heterocycles. The Labute approximate surface area is 199 Å². The van der Waals surface area contributed by atoms with Crippen molar-refractivity contribution in [1.82, 2.24) is 5.32 Å². The molecular formula is C25H26ClN3O3S. The minimum absolute atomic E-state index is 0.134. The van der Waals surface area contributed by atoms with E-state index in [2.05, 4.69) is 27.1 Å². The first-order chi connectivity index (χ1) is 15.9. The first-order valence-corrected chi connectivity index (χ1v) is 12.8. The molecule has 33 heavy (non-hydrogen) atoms. The van der Waals surface area contributed by atoms with Crippen LogP contribution in [0.15, 0.2) is 77.7 Å². The number of carbonyl (C=O) groups excluding carboxylic acids is 1. The van der Waals surface area contributed by atoms with E-state index in [0.717, 1.165) is 18.7 Å². The quantitative estimate of drug-likeness (QED) is 0.492. The number of sulfonamides is 1. The number of benzene rings is 3. The zero-order valence-electron chi connectivity index (χ0n) is 18.1. The van der Waals surface area contributed by atoms with Gasteiger partial charge in [0.2, 0.25) is 0 Å². The van der Waals surface area contributed by atoms with Gasteiger partial charge in [0.25, 0.3) is 15.9 Å². The van der Waals surface area contributed by atoms with Crippen molar-refractivity contribution in [2.24, 2.45) is 0 Å². The Bertz CT molecular complexity index is 1210. The molecule has 0 spiro atoms. The van der Waals surface area contributed by atoms with Gasteiger partial charge in [0, 0.05) is 30.9 Å². The first-order valence-electron chi connectivity index (χ1n) is 10.9. The van der Waals surface area contributed by atoms with Crippen LogP contribution in [0.4, 0.5) is 11.4 Å². The highest BCUT2D eigenvalue weighted by atomic mass is 35.5. The number of piperidine rings is 1. The maximum absolute atomic E-state index is 12.6. The summed E-state index contributed by atoms with van der Waals surface area (Å²) in [6, 6.07) is 20.8. The summed E-state index contributed by atoms with van der Waals surface area (Å²) in [5.74, 6) is -0.283. The fourth-order valence-corrected chi connectivity index (χ4v) is 5.19. The van der Waals surface area contributed by atoms with Crippen molar-refractivity contribution in [3.8, 4) is 0 Å². The molecule has 1 amide bonds. The Morgan fingerprint density at radius 3 is 2.27 bits per heavy atom. The van der Waals surface area contributed by atoms with Gasteiger partial charge in [-0.1, -0.05) is 41.9 Å². The van der Waals surface area contributed by atoms with Gasteiger partial charge in [0.1, 0.15) is 0 Å². The molecule has 3 aromatic carbocycles. The van der Waals surface area contributed by atoms with E-state index in [-0.39, 0.29) is 21.5 Å². The molecule has 0 aliphatic carbocycles. The summed E-state index contributed by atoms with van der Waals surface area (Å²) in [7, 11) is -3.77. The largest absolute Gasteiger partial charge is 0.372 e. The summed E-state index contributed by atoms with van der Waals surface area (Å²) in [5.41, 5.74) is 2.78. The summed E-state index contributed by atoms with van der Waals surface area (Å²) >= 11 is 6.26. The molecule has 1 aliphatic rings. The van der Waals surface area contributed by atoms with Crippen LogP contribution in [0.25, 0.3) is 0 Å². The van der Waals surface area contributed by atoms with Gasteiger partial charge >= 0.3 is 0 Å². The number of amides is 1. The molecule has 1 heterocycles. The van der Waals surface area contributed by atoms with Gasteiger partial charge in [-0.15, -0.1) is 0 Å². The highest BCUT2D eigenvalue weighted by molar-refractivity contribution is 7.92. The number of hydrogen-bond donors (Lipinski definition) is 2. The third-order valence-electron chi connectivity index (χ3n) is 5.64. The Balaban J connectivity index is 1.36. The molecule has 1 fully saturated rings. The molecule has 0 aromatic heterocycles. The van der Waals surface area contributed by atoms with Crippen molar-refractivity contribution in [3.05, 3.63) is 88.9 Å². The van der Waals surface area contributed by atoms with E-state index < -0.39 is 10.0 Å². The maximum Gasteiger partial charge on any atom is 0.261 e. The molecule has 0 unspecified atom stereocenters. The molecule has 8 heteroatoms. The highest BCUT2D eigenvalue weighted by Crippen LogP contribution is 2.26. The Morgan fingerprint density at radius 2 is 1.61 bits per heavy atom. The smallest absolute Gasteiger partial charge is 0.261 e. The van der Waals surface area contributed by atoms with E-state index in [9.17, 15) is 13.2 Å². The highest BCUT2D eigenvalue weighted by Gasteiger charge is 2.17. The Hall–Kier alpha value is -3.03. The predicted molar refractivity (Wildman–Crippen MR) is 132 cm³/mol. The zero-order chi connectivity index (χ0) is 23.3. The monoisotopic (exact) mass is 483 g/mol. The van der Waals surface area contributed by atoms with Gasteiger partial charge in [-0.2, -0.15) is 0 Å². The second-order valence-electron chi connectivity index (χ2n) is 8.01. The number of nitrogens with one attached hydrogen (secondary N) is 2. The minimum Gasteiger partial charge on any atom is -0.372 e. The lowest BCUT2D eigenvalue weighted by atomic mass is 10.1. The standard InChI is InChI=1S/C25H26ClN3O3S/c26-23-17-20(11-14-24(23)28-33(31,32)22-7-3-1-4-8-22)25(30)27-18-19-9-12-21(13-10-19)29-15-5-2-6-16-29/h1,3-4,7-14,17,28H,2,5-6,15-16,18H2,(H,27,30). The molecular weight excluding hydrogens is 458 g/mol. The molecule has 2 N–H and O–H groups in total. The molecule has 1 aliphatic heterocycles. The van der Waals surface area contributed by atoms with Crippen molar-refractivity contribution in [3.63, 3.8) is 0 Å². The Morgan fingerprint density at radius 1 is 0.909 bits per heavy atom. The fourth-order valence-electron chi connectivity index (χ4n) is 3.80. The van der Waals surface area contributed by atoms with E-state index >= 15 is 0 Å². The summed E-state index contributed by atoms with van der Waals surface area (Å²) < 4.78 is 27.5. The van der Waals surface area contributed by atoms with E-state index in [1.165, 1.54) is 49.2 Å². The number of nitrogens with zero attached hydrogens (tertiary/aromatic N) is 1. The second kappa shape index (κ2) is 10.3. The maximum atomic E-state index is 12.6. The normalized spacial score (nSPS) is 14.0. The van der Waals surface area contributed by atoms with Crippen molar-refractivity contribution in [1.29, 1.82) is 0 Å². The van der Waals surface area contributed by atoms with E-state index in [1.807, 2.05) is 12.1 Å². The van der Waals surface area contributed by atoms with Crippen molar-refractivity contribution in [2.75, 3.05) is 22.7 Å². The number of rotatable bonds is 7. The van der Waals surface area contributed by atoms with Crippen LogP contribution in [-0.4, -0.2) is 27.4 Å². The van der Waals surface area contributed by atoms with Crippen LogP contribution in [0.3, 0.4) is 0 Å². The van der Waals surface area contributed by atoms with Gasteiger partial charge in [-0.3, -0.25) is 9.52 Å². The summed E-state index contributed by atoms with van der Waals surface area (Å²) in [6.07, 6.45) is 3.75. The molecule has 0 atom stereocenters. The molecule has 3 aromatic rings. The van der Waals surface area contributed by atoms with Gasteiger partial charge in [-0.05, 0) is 67.3 Å². The fraction of sp³-hybridized carbons (Fsp3) is 0.240. The number of halogens is 1. The van der Waals surface area contributed by atoms with Crippen LogP contribution >= 0.6 is 11.6 Å². The van der Waals surface area contributed by atoms with Gasteiger partial charge in [0.05, 0.1) is 15.6 Å². The van der Waals surface area contributed by atoms with E-state index in [1.54, 1.807) is 24.3 Å². The summed E-state index contributed by atoms with van der Waals surface area (Å²) in [5, 5.41) is 3.03. The van der Waals surface area contributed by atoms with Crippen LogP contribution in [0.2, 0.25) is 5.02 Å². The average Bonchev–Trinajstić information content (AvgIpc) is 2.85. The molecule has 0 bridgehead atoms. The van der Waals surface area contributed by atoms with E-state index in [4.69, 9.17) is 11.6 Å². The molecule has 6 nitrogen and oxygen atoms in total. The third-order valence-corrected chi connectivity index (χ3v) is 7.33. The molecule has 172 valence electrons. The topological polar surface area (TPSA) is 78.5 Å². The van der Waals surface area contributed by atoms with Gasteiger partial charge in [0.15, 0.2) is 0 Å². The van der Waals surface area contributed by atoms with Crippen molar-refractivity contribution >= 4 is 38.9 Å². The summed E-state index contributed by atoms with van der Waals surface area (Å²) in [4.78, 5) is 15.1. The first kappa shape index (κ1) is 23.1. The zero-order valence-corrected chi connectivity index (χ0v) is 19.7. The molecule has 0 radical (unpaired) electrons. The van der Waals surface area contributed by atoms with Crippen molar-refractivity contribution in [2.45, 2.75) is 30.7 Å². The SMILES string of the molecule is O=C(NCc1ccc(N2CCCCC2)cc1)c1ccc(NS(=O)(=O)c2ccccc2)c(Cl)c1.